The zero-order valence-electron chi connectivity index (χ0n) is 10.3. The van der Waals surface area contributed by atoms with Crippen LogP contribution in [-0.2, 0) is 4.74 Å². The Morgan fingerprint density at radius 1 is 1.44 bits per heavy atom. The Labute approximate surface area is 98.5 Å². The molecule has 16 heavy (non-hydrogen) atoms. The minimum Gasteiger partial charge on any atom is -0.379 e. The number of ether oxygens (including phenoxy) is 1. The molecule has 2 saturated heterocycles. The molecule has 0 spiro atoms. The van der Waals surface area contributed by atoms with Gasteiger partial charge in [0.25, 0.3) is 0 Å². The van der Waals surface area contributed by atoms with Gasteiger partial charge in [-0.05, 0) is 12.3 Å². The van der Waals surface area contributed by atoms with E-state index in [4.69, 9.17) is 11.2 Å². The van der Waals surface area contributed by atoms with Crippen LogP contribution in [0.4, 0.5) is 0 Å². The largest absolute Gasteiger partial charge is 0.379 e. The Kier molecular flexibility index (Phi) is 3.86. The Morgan fingerprint density at radius 3 is 2.69 bits per heavy atom. The van der Waals surface area contributed by atoms with Crippen molar-refractivity contribution in [3.63, 3.8) is 0 Å². The zero-order valence-corrected chi connectivity index (χ0v) is 10.3. The van der Waals surface area contributed by atoms with Gasteiger partial charge in [-0.25, -0.2) is 0 Å². The monoisotopic (exact) mass is 222 g/mol. The lowest BCUT2D eigenvalue weighted by atomic mass is 10.0. The molecule has 2 rings (SSSR count). The van der Waals surface area contributed by atoms with E-state index in [9.17, 15) is 0 Å². The van der Waals surface area contributed by atoms with Crippen molar-refractivity contribution in [2.75, 3.05) is 26.3 Å². The molecule has 0 bridgehead atoms. The van der Waals surface area contributed by atoms with Crippen LogP contribution in [-0.4, -0.2) is 49.3 Å². The Hall–Kier alpha value is -0.560. The van der Waals surface area contributed by atoms with Gasteiger partial charge in [-0.1, -0.05) is 19.8 Å². The number of rotatable bonds is 4. The highest BCUT2D eigenvalue weighted by Gasteiger charge is 2.44. The second-order valence-corrected chi connectivity index (χ2v) is 5.19. The molecule has 3 atom stereocenters. The first-order valence-electron chi connectivity index (χ1n) is 6.26. The first kappa shape index (κ1) is 11.9. The third-order valence-corrected chi connectivity index (χ3v) is 3.41. The summed E-state index contributed by atoms with van der Waals surface area (Å²) in [4.78, 5) is 2.38. The predicted molar refractivity (Wildman–Crippen MR) is 65.2 cm³/mol. The van der Waals surface area contributed by atoms with Gasteiger partial charge in [0.1, 0.15) is 0 Å². The first-order chi connectivity index (χ1) is 7.72. The molecule has 1 N–H and O–H groups in total. The quantitative estimate of drug-likeness (QED) is 0.562. The van der Waals surface area contributed by atoms with Crippen LogP contribution in [0.15, 0.2) is 0 Å². The molecule has 3 unspecified atom stereocenters. The standard InChI is InChI=1S/C13H22N2O/c1-4-12(15-5-7-16-8-6-15)13-11(14-13)9-10(2)3/h1,10-14H,5-9H2,2-3H3. The van der Waals surface area contributed by atoms with Crippen molar-refractivity contribution in [3.05, 3.63) is 0 Å². The van der Waals surface area contributed by atoms with Gasteiger partial charge in [-0.2, -0.15) is 0 Å². The van der Waals surface area contributed by atoms with E-state index in [1.165, 1.54) is 6.42 Å². The highest BCUT2D eigenvalue weighted by molar-refractivity contribution is 5.17. The van der Waals surface area contributed by atoms with Crippen LogP contribution in [0, 0.1) is 18.3 Å². The van der Waals surface area contributed by atoms with Crippen LogP contribution in [0.2, 0.25) is 0 Å². The van der Waals surface area contributed by atoms with Gasteiger partial charge in [0.15, 0.2) is 0 Å². The van der Waals surface area contributed by atoms with Gasteiger partial charge in [-0.15, -0.1) is 6.42 Å². The number of nitrogens with one attached hydrogen (secondary N) is 1. The average Bonchev–Trinajstić information content (AvgIpc) is 2.99. The van der Waals surface area contributed by atoms with Crippen LogP contribution in [0.25, 0.3) is 0 Å². The number of nitrogens with zero attached hydrogens (tertiary/aromatic N) is 1. The van der Waals surface area contributed by atoms with Crippen molar-refractivity contribution in [2.24, 2.45) is 5.92 Å². The minimum absolute atomic E-state index is 0.257. The normalized spacial score (nSPS) is 32.4. The molecular formula is C13H22N2O. The molecule has 0 aromatic heterocycles. The average molecular weight is 222 g/mol. The molecule has 3 nitrogen and oxygen atoms in total. The molecule has 0 aliphatic carbocycles. The molecule has 90 valence electrons. The number of hydrogen-bond acceptors (Lipinski definition) is 3. The van der Waals surface area contributed by atoms with Gasteiger partial charge in [0, 0.05) is 25.2 Å². The van der Waals surface area contributed by atoms with Crippen molar-refractivity contribution in [3.8, 4) is 12.3 Å². The lowest BCUT2D eigenvalue weighted by Gasteiger charge is -2.31. The van der Waals surface area contributed by atoms with Gasteiger partial charge in [0.2, 0.25) is 0 Å². The van der Waals surface area contributed by atoms with Crippen LogP contribution >= 0.6 is 0 Å². The van der Waals surface area contributed by atoms with Crippen molar-refractivity contribution >= 4 is 0 Å². The number of hydrogen-bond donors (Lipinski definition) is 1. The summed E-state index contributed by atoms with van der Waals surface area (Å²) in [6, 6.07) is 1.39. The molecule has 0 saturated carbocycles. The summed E-state index contributed by atoms with van der Waals surface area (Å²) >= 11 is 0. The highest BCUT2D eigenvalue weighted by atomic mass is 16.5. The second-order valence-electron chi connectivity index (χ2n) is 5.19. The van der Waals surface area contributed by atoms with E-state index in [-0.39, 0.29) is 6.04 Å². The molecule has 2 aliphatic rings. The third kappa shape index (κ3) is 2.76. The SMILES string of the molecule is C#CC(C1NC1CC(C)C)N1CCOCC1. The molecule has 0 aromatic carbocycles. The zero-order chi connectivity index (χ0) is 11.5. The minimum atomic E-state index is 0.257. The fourth-order valence-corrected chi connectivity index (χ4v) is 2.52. The summed E-state index contributed by atoms with van der Waals surface area (Å²) in [5, 5.41) is 3.52. The van der Waals surface area contributed by atoms with Crippen LogP contribution in [0.3, 0.4) is 0 Å². The predicted octanol–water partition coefficient (Wildman–Crippen LogP) is 0.707. The van der Waals surface area contributed by atoms with E-state index in [2.05, 4.69) is 30.0 Å². The fourth-order valence-electron chi connectivity index (χ4n) is 2.52. The van der Waals surface area contributed by atoms with Gasteiger partial charge >= 0.3 is 0 Å². The maximum absolute atomic E-state index is 5.67. The first-order valence-corrected chi connectivity index (χ1v) is 6.26. The van der Waals surface area contributed by atoms with Crippen molar-refractivity contribution < 1.29 is 4.74 Å². The summed E-state index contributed by atoms with van der Waals surface area (Å²) < 4.78 is 5.36. The van der Waals surface area contributed by atoms with Gasteiger partial charge < -0.3 is 10.1 Å². The Morgan fingerprint density at radius 2 is 2.12 bits per heavy atom. The summed E-state index contributed by atoms with van der Waals surface area (Å²) in [7, 11) is 0. The summed E-state index contributed by atoms with van der Waals surface area (Å²) in [6.07, 6.45) is 6.89. The lowest BCUT2D eigenvalue weighted by Crippen LogP contribution is -2.46. The molecule has 0 radical (unpaired) electrons. The highest BCUT2D eigenvalue weighted by Crippen LogP contribution is 2.25. The summed E-state index contributed by atoms with van der Waals surface area (Å²) in [5.41, 5.74) is 0. The lowest BCUT2D eigenvalue weighted by molar-refractivity contribution is 0.0267. The van der Waals surface area contributed by atoms with E-state index in [0.717, 1.165) is 32.2 Å². The van der Waals surface area contributed by atoms with Crippen molar-refractivity contribution in [1.82, 2.24) is 10.2 Å². The molecule has 2 heterocycles. The molecule has 0 aromatic rings. The molecule has 0 amide bonds. The topological polar surface area (TPSA) is 34.4 Å². The van der Waals surface area contributed by atoms with Crippen LogP contribution < -0.4 is 5.32 Å². The second kappa shape index (κ2) is 5.18. The molecule has 3 heteroatoms. The van der Waals surface area contributed by atoms with Crippen molar-refractivity contribution in [1.29, 1.82) is 0 Å². The van der Waals surface area contributed by atoms with E-state index in [1.807, 2.05) is 0 Å². The smallest absolute Gasteiger partial charge is 0.0884 e. The maximum Gasteiger partial charge on any atom is 0.0884 e. The molecule has 2 fully saturated rings. The maximum atomic E-state index is 5.67. The third-order valence-electron chi connectivity index (χ3n) is 3.41. The number of morpholine rings is 1. The molecular weight excluding hydrogens is 200 g/mol. The summed E-state index contributed by atoms with van der Waals surface area (Å²) in [6.45, 7) is 8.11. The van der Waals surface area contributed by atoms with Gasteiger partial charge in [-0.3, -0.25) is 4.90 Å². The Bertz CT molecular complexity index is 266. The van der Waals surface area contributed by atoms with Crippen LogP contribution in [0.5, 0.6) is 0 Å². The van der Waals surface area contributed by atoms with Crippen molar-refractivity contribution in [2.45, 2.75) is 38.4 Å². The van der Waals surface area contributed by atoms with Gasteiger partial charge in [0.05, 0.1) is 19.3 Å². The fraction of sp³-hybridized carbons (Fsp3) is 0.846. The van der Waals surface area contributed by atoms with E-state index in [1.54, 1.807) is 0 Å². The van der Waals surface area contributed by atoms with E-state index < -0.39 is 0 Å². The Balaban J connectivity index is 1.85. The number of terminal acetylenes is 1. The van der Waals surface area contributed by atoms with E-state index >= 15 is 0 Å². The molecule has 2 aliphatic heterocycles. The summed E-state index contributed by atoms with van der Waals surface area (Å²) in [5.74, 6) is 3.69. The van der Waals surface area contributed by atoms with Crippen LogP contribution in [0.1, 0.15) is 20.3 Å². The van der Waals surface area contributed by atoms with E-state index in [0.29, 0.717) is 12.1 Å².